The van der Waals surface area contributed by atoms with Gasteiger partial charge in [-0.05, 0) is 50.3 Å². The summed E-state index contributed by atoms with van der Waals surface area (Å²) in [7, 11) is 0. The van der Waals surface area contributed by atoms with E-state index in [-0.39, 0.29) is 11.4 Å². The number of benzene rings is 1. The molecule has 1 aromatic rings. The number of carbonyl (C=O) groups is 1. The van der Waals surface area contributed by atoms with Crippen LogP contribution in [-0.4, -0.2) is 17.3 Å². The van der Waals surface area contributed by atoms with Crippen LogP contribution in [-0.2, 0) is 4.79 Å². The van der Waals surface area contributed by atoms with Gasteiger partial charge in [0, 0.05) is 23.5 Å². The number of anilines is 1. The van der Waals surface area contributed by atoms with Gasteiger partial charge in [0.15, 0.2) is 0 Å². The molecule has 19 heavy (non-hydrogen) atoms. The fourth-order valence-electron chi connectivity index (χ4n) is 3.21. The minimum absolute atomic E-state index is 0.124. The molecule has 0 saturated carbocycles. The van der Waals surface area contributed by atoms with E-state index in [2.05, 4.69) is 45.9 Å². The van der Waals surface area contributed by atoms with Crippen molar-refractivity contribution in [1.82, 2.24) is 0 Å². The third-order valence-corrected chi connectivity index (χ3v) is 4.12. The van der Waals surface area contributed by atoms with Crippen molar-refractivity contribution in [2.24, 2.45) is 0 Å². The van der Waals surface area contributed by atoms with Gasteiger partial charge in [0.1, 0.15) is 0 Å². The maximum absolute atomic E-state index is 12.4. The largest absolute Gasteiger partial charge is 0.307 e. The predicted octanol–water partition coefficient (Wildman–Crippen LogP) is 4.24. The molecular weight excluding hydrogens is 258 g/mol. The highest BCUT2D eigenvalue weighted by molar-refractivity contribution is 6.19. The summed E-state index contributed by atoms with van der Waals surface area (Å²) in [6.07, 6.45) is 1.38. The summed E-state index contributed by atoms with van der Waals surface area (Å²) in [5.41, 5.74) is 3.38. The standard InChI is InChI=1S/C16H22ClNO/c1-11-5-6-13-12(2)10-16(3,4)18(14(13)9-11)15(19)7-8-17/h5-6,9,12H,7-8,10H2,1-4H3. The second kappa shape index (κ2) is 5.16. The van der Waals surface area contributed by atoms with Crippen LogP contribution in [0.1, 0.15) is 50.7 Å². The highest BCUT2D eigenvalue weighted by atomic mass is 35.5. The van der Waals surface area contributed by atoms with Crippen molar-refractivity contribution < 1.29 is 4.79 Å². The normalized spacial score (nSPS) is 21.1. The molecule has 2 nitrogen and oxygen atoms in total. The molecule has 1 atom stereocenters. The van der Waals surface area contributed by atoms with Crippen molar-refractivity contribution >= 4 is 23.2 Å². The van der Waals surface area contributed by atoms with Crippen molar-refractivity contribution in [3.05, 3.63) is 29.3 Å². The number of carbonyl (C=O) groups excluding carboxylic acids is 1. The summed E-state index contributed by atoms with van der Waals surface area (Å²) in [5.74, 6) is 0.978. The van der Waals surface area contributed by atoms with E-state index in [0.717, 1.165) is 12.1 Å². The number of hydrogen-bond donors (Lipinski definition) is 0. The van der Waals surface area contributed by atoms with Crippen LogP contribution in [0.2, 0.25) is 0 Å². The van der Waals surface area contributed by atoms with Gasteiger partial charge in [0.2, 0.25) is 5.91 Å². The van der Waals surface area contributed by atoms with Crippen LogP contribution in [0.5, 0.6) is 0 Å². The molecule has 1 amide bonds. The lowest BCUT2D eigenvalue weighted by Gasteiger charge is -2.46. The molecule has 1 unspecified atom stereocenters. The fourth-order valence-corrected chi connectivity index (χ4v) is 3.37. The molecule has 0 bridgehead atoms. The molecule has 2 rings (SSSR count). The molecule has 3 heteroatoms. The molecule has 1 heterocycles. The van der Waals surface area contributed by atoms with Crippen molar-refractivity contribution in [1.29, 1.82) is 0 Å². The van der Waals surface area contributed by atoms with Crippen LogP contribution < -0.4 is 4.90 Å². The van der Waals surface area contributed by atoms with Crippen molar-refractivity contribution in [3.8, 4) is 0 Å². The zero-order valence-electron chi connectivity index (χ0n) is 12.2. The number of rotatable bonds is 2. The van der Waals surface area contributed by atoms with Crippen LogP contribution in [0.25, 0.3) is 0 Å². The summed E-state index contributed by atoms with van der Waals surface area (Å²) in [5, 5.41) is 0. The van der Waals surface area contributed by atoms with E-state index < -0.39 is 0 Å². The average molecular weight is 280 g/mol. The monoisotopic (exact) mass is 279 g/mol. The lowest BCUT2D eigenvalue weighted by atomic mass is 9.79. The van der Waals surface area contributed by atoms with Gasteiger partial charge in [0.05, 0.1) is 0 Å². The van der Waals surface area contributed by atoms with Crippen LogP contribution in [0.3, 0.4) is 0 Å². The first-order valence-electron chi connectivity index (χ1n) is 6.86. The topological polar surface area (TPSA) is 20.3 Å². The molecule has 0 radical (unpaired) electrons. The smallest absolute Gasteiger partial charge is 0.228 e. The van der Waals surface area contributed by atoms with Gasteiger partial charge < -0.3 is 4.90 Å². The van der Waals surface area contributed by atoms with Gasteiger partial charge in [-0.2, -0.15) is 0 Å². The average Bonchev–Trinajstić information content (AvgIpc) is 2.27. The summed E-state index contributed by atoms with van der Waals surface area (Å²) < 4.78 is 0. The van der Waals surface area contributed by atoms with Gasteiger partial charge >= 0.3 is 0 Å². The van der Waals surface area contributed by atoms with E-state index in [1.807, 2.05) is 4.90 Å². The number of alkyl halides is 1. The van der Waals surface area contributed by atoms with Gasteiger partial charge in [-0.25, -0.2) is 0 Å². The molecule has 0 aliphatic carbocycles. The Bertz CT molecular complexity index is 496. The minimum Gasteiger partial charge on any atom is -0.307 e. The third kappa shape index (κ3) is 2.64. The number of amides is 1. The van der Waals surface area contributed by atoms with Gasteiger partial charge in [-0.15, -0.1) is 11.6 Å². The number of halogens is 1. The Morgan fingerprint density at radius 3 is 2.79 bits per heavy atom. The highest BCUT2D eigenvalue weighted by Gasteiger charge is 2.39. The van der Waals surface area contributed by atoms with E-state index in [9.17, 15) is 4.79 Å². The number of fused-ring (bicyclic) bond motifs is 1. The summed E-state index contributed by atoms with van der Waals surface area (Å²) in [4.78, 5) is 14.4. The Kier molecular flexibility index (Phi) is 3.91. The summed E-state index contributed by atoms with van der Waals surface area (Å²) in [6, 6.07) is 6.41. The zero-order chi connectivity index (χ0) is 14.2. The molecule has 0 aromatic heterocycles. The Morgan fingerprint density at radius 1 is 1.47 bits per heavy atom. The Labute approximate surface area is 120 Å². The molecule has 1 aliphatic rings. The molecule has 0 N–H and O–H groups in total. The minimum atomic E-state index is -0.149. The Balaban J connectivity index is 2.53. The molecule has 104 valence electrons. The zero-order valence-corrected chi connectivity index (χ0v) is 12.9. The second-order valence-electron chi connectivity index (χ2n) is 6.15. The van der Waals surface area contributed by atoms with Crippen LogP contribution in [0.15, 0.2) is 18.2 Å². The lowest BCUT2D eigenvalue weighted by Crippen LogP contribution is -2.51. The number of aryl methyl sites for hydroxylation is 1. The maximum atomic E-state index is 12.4. The SMILES string of the molecule is Cc1ccc2c(c1)N(C(=O)CCCl)C(C)(C)CC2C. The van der Waals surface area contributed by atoms with E-state index in [4.69, 9.17) is 11.6 Å². The van der Waals surface area contributed by atoms with Crippen LogP contribution in [0, 0.1) is 6.92 Å². The second-order valence-corrected chi connectivity index (χ2v) is 6.53. The molecular formula is C16H22ClNO. The van der Waals surface area contributed by atoms with E-state index >= 15 is 0 Å². The third-order valence-electron chi connectivity index (χ3n) is 3.93. The van der Waals surface area contributed by atoms with Crippen LogP contribution in [0.4, 0.5) is 5.69 Å². The first-order valence-corrected chi connectivity index (χ1v) is 7.40. The molecule has 0 saturated heterocycles. The molecule has 1 aromatic carbocycles. The van der Waals surface area contributed by atoms with E-state index in [0.29, 0.717) is 18.2 Å². The number of nitrogens with zero attached hydrogens (tertiary/aromatic N) is 1. The van der Waals surface area contributed by atoms with Gasteiger partial charge in [0.25, 0.3) is 0 Å². The molecule has 0 spiro atoms. The van der Waals surface area contributed by atoms with Crippen molar-refractivity contribution in [2.75, 3.05) is 10.8 Å². The maximum Gasteiger partial charge on any atom is 0.228 e. The van der Waals surface area contributed by atoms with Crippen molar-refractivity contribution in [3.63, 3.8) is 0 Å². The first-order chi connectivity index (χ1) is 8.86. The fraction of sp³-hybridized carbons (Fsp3) is 0.562. The summed E-state index contributed by atoms with van der Waals surface area (Å²) in [6.45, 7) is 8.58. The van der Waals surface area contributed by atoms with Crippen LogP contribution >= 0.6 is 11.6 Å². The van der Waals surface area contributed by atoms with Gasteiger partial charge in [-0.3, -0.25) is 4.79 Å². The number of hydrogen-bond acceptors (Lipinski definition) is 1. The molecule has 1 aliphatic heterocycles. The van der Waals surface area contributed by atoms with Gasteiger partial charge in [-0.1, -0.05) is 19.1 Å². The lowest BCUT2D eigenvalue weighted by molar-refractivity contribution is -0.119. The quantitative estimate of drug-likeness (QED) is 0.742. The van der Waals surface area contributed by atoms with Crippen molar-refractivity contribution in [2.45, 2.75) is 52.0 Å². The summed E-state index contributed by atoms with van der Waals surface area (Å²) >= 11 is 5.75. The molecule has 0 fully saturated rings. The Morgan fingerprint density at radius 2 is 2.16 bits per heavy atom. The van der Waals surface area contributed by atoms with E-state index in [1.165, 1.54) is 11.1 Å². The Hall–Kier alpha value is -1.02. The first kappa shape index (κ1) is 14.4. The van der Waals surface area contributed by atoms with E-state index in [1.54, 1.807) is 0 Å². The highest BCUT2D eigenvalue weighted by Crippen LogP contribution is 2.43. The predicted molar refractivity (Wildman–Crippen MR) is 81.1 cm³/mol.